The van der Waals surface area contributed by atoms with E-state index in [1.54, 1.807) is 0 Å². The lowest BCUT2D eigenvalue weighted by Gasteiger charge is -2.27. The number of rotatable bonds is 1. The molecule has 0 bridgehead atoms. The minimum atomic E-state index is 0.294. The highest BCUT2D eigenvalue weighted by Gasteiger charge is 2.22. The van der Waals surface area contributed by atoms with Crippen molar-refractivity contribution in [1.29, 1.82) is 0 Å². The van der Waals surface area contributed by atoms with Gasteiger partial charge >= 0.3 is 0 Å². The number of likely N-dealkylation sites (N-methyl/N-ethyl adjacent to an activating group) is 1. The van der Waals surface area contributed by atoms with Crippen molar-refractivity contribution in [1.82, 2.24) is 9.80 Å². The fourth-order valence-corrected chi connectivity index (χ4v) is 1.95. The Labute approximate surface area is 80.7 Å². The number of carbonyl (C=O) groups excluding carboxylic acids is 1. The van der Waals surface area contributed by atoms with Gasteiger partial charge in [-0.15, -0.1) is 0 Å². The highest BCUT2D eigenvalue weighted by Crippen LogP contribution is 2.09. The molecule has 1 amide bonds. The second kappa shape index (κ2) is 4.61. The largest absolute Gasteiger partial charge is 0.339 e. The van der Waals surface area contributed by atoms with Crippen LogP contribution in [0.1, 0.15) is 26.7 Å². The molecule has 0 aromatic heterocycles. The first-order valence-corrected chi connectivity index (χ1v) is 5.13. The topological polar surface area (TPSA) is 23.6 Å². The van der Waals surface area contributed by atoms with Crippen LogP contribution < -0.4 is 0 Å². The van der Waals surface area contributed by atoms with Gasteiger partial charge in [0.1, 0.15) is 0 Å². The van der Waals surface area contributed by atoms with Crippen molar-refractivity contribution in [3.05, 3.63) is 0 Å². The molecule has 0 aromatic rings. The summed E-state index contributed by atoms with van der Waals surface area (Å²) in [7, 11) is 2.12. The quantitative estimate of drug-likeness (QED) is 0.606. The lowest BCUT2D eigenvalue weighted by Crippen LogP contribution is -2.41. The van der Waals surface area contributed by atoms with Crippen LogP contribution in [0.3, 0.4) is 0 Å². The van der Waals surface area contributed by atoms with Crippen molar-refractivity contribution < 1.29 is 4.79 Å². The Morgan fingerprint density at radius 3 is 2.77 bits per heavy atom. The van der Waals surface area contributed by atoms with Gasteiger partial charge in [-0.2, -0.15) is 0 Å². The molecule has 0 aliphatic carbocycles. The molecule has 1 fully saturated rings. The van der Waals surface area contributed by atoms with E-state index < -0.39 is 0 Å². The lowest BCUT2D eigenvalue weighted by atomic mass is 10.2. The predicted molar refractivity (Wildman–Crippen MR) is 53.6 cm³/mol. The average molecular weight is 184 g/mol. The fraction of sp³-hybridized carbons (Fsp3) is 0.900. The minimum Gasteiger partial charge on any atom is -0.339 e. The van der Waals surface area contributed by atoms with Crippen molar-refractivity contribution in [2.24, 2.45) is 0 Å². The van der Waals surface area contributed by atoms with E-state index in [0.717, 1.165) is 26.1 Å². The van der Waals surface area contributed by atoms with Crippen molar-refractivity contribution >= 4 is 5.91 Å². The first kappa shape index (κ1) is 10.5. The van der Waals surface area contributed by atoms with Crippen LogP contribution in [0.15, 0.2) is 0 Å². The molecule has 0 radical (unpaired) electrons. The molecule has 1 aliphatic rings. The van der Waals surface area contributed by atoms with Crippen molar-refractivity contribution in [3.63, 3.8) is 0 Å². The molecule has 76 valence electrons. The molecular formula is C10H20N2O. The van der Waals surface area contributed by atoms with Crippen LogP contribution in [0.25, 0.3) is 0 Å². The molecule has 0 aromatic carbocycles. The van der Waals surface area contributed by atoms with Gasteiger partial charge in [-0.1, -0.05) is 6.92 Å². The average Bonchev–Trinajstić information content (AvgIpc) is 2.25. The zero-order valence-corrected chi connectivity index (χ0v) is 8.92. The molecule has 1 heterocycles. The molecule has 1 unspecified atom stereocenters. The Morgan fingerprint density at radius 1 is 1.46 bits per heavy atom. The Hall–Kier alpha value is -0.570. The van der Waals surface area contributed by atoms with Crippen LogP contribution in [-0.4, -0.2) is 48.4 Å². The van der Waals surface area contributed by atoms with Gasteiger partial charge in [0.2, 0.25) is 5.91 Å². The smallest absolute Gasteiger partial charge is 0.222 e. The van der Waals surface area contributed by atoms with Crippen molar-refractivity contribution in [2.45, 2.75) is 32.7 Å². The predicted octanol–water partition coefficient (Wildman–Crippen LogP) is 0.949. The monoisotopic (exact) mass is 184 g/mol. The van der Waals surface area contributed by atoms with Crippen LogP contribution in [-0.2, 0) is 4.79 Å². The Bertz CT molecular complexity index is 182. The third kappa shape index (κ3) is 2.69. The van der Waals surface area contributed by atoms with Crippen molar-refractivity contribution in [3.8, 4) is 0 Å². The summed E-state index contributed by atoms with van der Waals surface area (Å²) in [5.74, 6) is 0.294. The highest BCUT2D eigenvalue weighted by molar-refractivity contribution is 5.76. The molecule has 1 rings (SSSR count). The fourth-order valence-electron chi connectivity index (χ4n) is 1.95. The first-order valence-electron chi connectivity index (χ1n) is 5.13. The number of carbonyl (C=O) groups is 1. The van der Waals surface area contributed by atoms with Gasteiger partial charge in [0.25, 0.3) is 0 Å². The SMILES string of the molecule is CCC(=O)N1CCCN(C)CC1C. The van der Waals surface area contributed by atoms with Gasteiger partial charge in [0.05, 0.1) is 0 Å². The Morgan fingerprint density at radius 2 is 2.15 bits per heavy atom. The summed E-state index contributed by atoms with van der Waals surface area (Å²) in [5.41, 5.74) is 0. The summed E-state index contributed by atoms with van der Waals surface area (Å²) in [5, 5.41) is 0. The third-order valence-corrected chi connectivity index (χ3v) is 2.67. The van der Waals surface area contributed by atoms with E-state index in [4.69, 9.17) is 0 Å². The standard InChI is InChI=1S/C10H20N2O/c1-4-10(13)12-7-5-6-11(3)8-9(12)2/h9H,4-8H2,1-3H3. The van der Waals surface area contributed by atoms with E-state index in [1.165, 1.54) is 0 Å². The van der Waals surface area contributed by atoms with E-state index in [2.05, 4.69) is 18.9 Å². The number of nitrogens with zero attached hydrogens (tertiary/aromatic N) is 2. The summed E-state index contributed by atoms with van der Waals surface area (Å²) < 4.78 is 0. The molecule has 0 N–H and O–H groups in total. The molecular weight excluding hydrogens is 164 g/mol. The summed E-state index contributed by atoms with van der Waals surface area (Å²) in [6.07, 6.45) is 1.74. The van der Waals surface area contributed by atoms with E-state index in [9.17, 15) is 4.79 Å². The zero-order valence-electron chi connectivity index (χ0n) is 8.92. The van der Waals surface area contributed by atoms with Crippen LogP contribution >= 0.6 is 0 Å². The minimum absolute atomic E-state index is 0.294. The number of hydrogen-bond acceptors (Lipinski definition) is 2. The molecule has 1 atom stereocenters. The van der Waals surface area contributed by atoms with E-state index >= 15 is 0 Å². The molecule has 1 saturated heterocycles. The molecule has 0 saturated carbocycles. The summed E-state index contributed by atoms with van der Waals surface area (Å²) in [4.78, 5) is 15.9. The molecule has 1 aliphatic heterocycles. The molecule has 0 spiro atoms. The van der Waals surface area contributed by atoms with E-state index in [1.807, 2.05) is 11.8 Å². The van der Waals surface area contributed by atoms with Gasteiger partial charge < -0.3 is 9.80 Å². The maximum Gasteiger partial charge on any atom is 0.222 e. The van der Waals surface area contributed by atoms with Crippen LogP contribution in [0.4, 0.5) is 0 Å². The Balaban J connectivity index is 2.57. The maximum atomic E-state index is 11.5. The zero-order chi connectivity index (χ0) is 9.84. The van der Waals surface area contributed by atoms with Gasteiger partial charge in [-0.05, 0) is 26.9 Å². The molecule has 3 nitrogen and oxygen atoms in total. The summed E-state index contributed by atoms with van der Waals surface area (Å²) >= 11 is 0. The van der Waals surface area contributed by atoms with Gasteiger partial charge in [0, 0.05) is 25.6 Å². The van der Waals surface area contributed by atoms with Crippen LogP contribution in [0, 0.1) is 0 Å². The third-order valence-electron chi connectivity index (χ3n) is 2.67. The van der Waals surface area contributed by atoms with Gasteiger partial charge in [-0.25, -0.2) is 0 Å². The number of hydrogen-bond donors (Lipinski definition) is 0. The van der Waals surface area contributed by atoms with E-state index in [-0.39, 0.29) is 0 Å². The lowest BCUT2D eigenvalue weighted by molar-refractivity contribution is -0.132. The summed E-state index contributed by atoms with van der Waals surface area (Å²) in [6.45, 7) is 7.11. The van der Waals surface area contributed by atoms with Gasteiger partial charge in [-0.3, -0.25) is 4.79 Å². The molecule has 3 heteroatoms. The maximum absolute atomic E-state index is 11.5. The molecule has 13 heavy (non-hydrogen) atoms. The summed E-state index contributed by atoms with van der Waals surface area (Å²) in [6, 6.07) is 0.375. The van der Waals surface area contributed by atoms with E-state index in [0.29, 0.717) is 18.4 Å². The van der Waals surface area contributed by atoms with Gasteiger partial charge in [0.15, 0.2) is 0 Å². The second-order valence-corrected chi connectivity index (χ2v) is 3.91. The second-order valence-electron chi connectivity index (χ2n) is 3.91. The van der Waals surface area contributed by atoms with Crippen molar-refractivity contribution in [2.75, 3.05) is 26.7 Å². The first-order chi connectivity index (χ1) is 6.15. The number of amides is 1. The Kier molecular flexibility index (Phi) is 3.72. The van der Waals surface area contributed by atoms with Crippen LogP contribution in [0.5, 0.6) is 0 Å². The normalized spacial score (nSPS) is 25.8. The van der Waals surface area contributed by atoms with Crippen LogP contribution in [0.2, 0.25) is 0 Å². The highest BCUT2D eigenvalue weighted by atomic mass is 16.2.